The largest absolute Gasteiger partial charge is 0.399 e. The Kier molecular flexibility index (Phi) is 2.98. The molecule has 2 saturated carbocycles. The van der Waals surface area contributed by atoms with Crippen LogP contribution >= 0.6 is 0 Å². The third-order valence-electron chi connectivity index (χ3n) is 5.14. The van der Waals surface area contributed by atoms with Crippen LogP contribution in [0.5, 0.6) is 0 Å². The number of anilines is 1. The van der Waals surface area contributed by atoms with E-state index in [-0.39, 0.29) is 5.41 Å². The second-order valence-corrected chi connectivity index (χ2v) is 6.58. The number of nitrogens with zero attached hydrogens (tertiary/aromatic N) is 2. The van der Waals surface area contributed by atoms with Gasteiger partial charge in [-0.25, -0.2) is 4.98 Å². The molecule has 3 N–H and O–H groups in total. The molecule has 0 aliphatic heterocycles. The molecule has 0 spiro atoms. The van der Waals surface area contributed by atoms with Gasteiger partial charge in [0, 0.05) is 11.6 Å². The standard InChI is InChI=1S/C17H22N4/c18-14-8-6-13(7-9-14)17(10-11-17)16-19-15(20-21-16)12-4-2-1-3-5-12/h6-9,12H,1-5,10-11,18H2,(H,19,20,21). The van der Waals surface area contributed by atoms with Gasteiger partial charge < -0.3 is 5.73 Å². The van der Waals surface area contributed by atoms with Crippen molar-refractivity contribution < 1.29 is 0 Å². The summed E-state index contributed by atoms with van der Waals surface area (Å²) in [5, 5.41) is 7.77. The monoisotopic (exact) mass is 282 g/mol. The van der Waals surface area contributed by atoms with Crippen LogP contribution in [0.3, 0.4) is 0 Å². The Hall–Kier alpha value is -1.84. The zero-order valence-corrected chi connectivity index (χ0v) is 12.3. The third kappa shape index (κ3) is 2.23. The topological polar surface area (TPSA) is 67.6 Å². The molecule has 2 aliphatic rings. The number of nitrogens with two attached hydrogens (primary N) is 1. The van der Waals surface area contributed by atoms with Gasteiger partial charge in [-0.05, 0) is 43.4 Å². The number of aromatic amines is 1. The second-order valence-electron chi connectivity index (χ2n) is 6.58. The smallest absolute Gasteiger partial charge is 0.161 e. The fourth-order valence-corrected chi connectivity index (χ4v) is 3.62. The molecule has 0 amide bonds. The number of rotatable bonds is 3. The van der Waals surface area contributed by atoms with Gasteiger partial charge in [0.2, 0.25) is 0 Å². The molecule has 2 aliphatic carbocycles. The van der Waals surface area contributed by atoms with Gasteiger partial charge in [-0.1, -0.05) is 31.4 Å². The number of hydrogen-bond acceptors (Lipinski definition) is 3. The van der Waals surface area contributed by atoms with Crippen LogP contribution in [0, 0.1) is 0 Å². The van der Waals surface area contributed by atoms with Gasteiger partial charge in [-0.2, -0.15) is 5.10 Å². The second kappa shape index (κ2) is 4.86. The summed E-state index contributed by atoms with van der Waals surface area (Å²) in [4.78, 5) is 4.87. The summed E-state index contributed by atoms with van der Waals surface area (Å²) in [6.07, 6.45) is 8.80. The van der Waals surface area contributed by atoms with Gasteiger partial charge in [-0.15, -0.1) is 0 Å². The van der Waals surface area contributed by atoms with E-state index < -0.39 is 0 Å². The summed E-state index contributed by atoms with van der Waals surface area (Å²) < 4.78 is 0. The van der Waals surface area contributed by atoms with Crippen molar-refractivity contribution in [1.82, 2.24) is 15.2 Å². The summed E-state index contributed by atoms with van der Waals surface area (Å²) in [5.74, 6) is 2.67. The lowest BCUT2D eigenvalue weighted by atomic mass is 9.89. The van der Waals surface area contributed by atoms with E-state index in [1.165, 1.54) is 37.7 Å². The summed E-state index contributed by atoms with van der Waals surface area (Å²) >= 11 is 0. The normalized spacial score (nSPS) is 21.3. The Morgan fingerprint density at radius 2 is 1.76 bits per heavy atom. The van der Waals surface area contributed by atoms with Crippen LogP contribution in [0.25, 0.3) is 0 Å². The van der Waals surface area contributed by atoms with Crippen LogP contribution in [0.2, 0.25) is 0 Å². The number of H-pyrrole nitrogens is 1. The van der Waals surface area contributed by atoms with E-state index in [0.717, 1.165) is 30.2 Å². The van der Waals surface area contributed by atoms with E-state index in [1.807, 2.05) is 12.1 Å². The maximum atomic E-state index is 5.79. The number of benzene rings is 1. The van der Waals surface area contributed by atoms with Gasteiger partial charge in [-0.3, -0.25) is 5.10 Å². The Morgan fingerprint density at radius 3 is 2.43 bits per heavy atom. The maximum Gasteiger partial charge on any atom is 0.161 e. The summed E-state index contributed by atoms with van der Waals surface area (Å²) in [7, 11) is 0. The van der Waals surface area contributed by atoms with E-state index in [2.05, 4.69) is 22.3 Å². The average Bonchev–Trinajstić information content (AvgIpc) is 3.19. The van der Waals surface area contributed by atoms with E-state index in [1.54, 1.807) is 0 Å². The minimum Gasteiger partial charge on any atom is -0.399 e. The predicted octanol–water partition coefficient (Wildman–Crippen LogP) is 3.51. The molecule has 4 nitrogen and oxygen atoms in total. The van der Waals surface area contributed by atoms with Crippen LogP contribution in [0.4, 0.5) is 5.69 Å². The fraction of sp³-hybridized carbons (Fsp3) is 0.529. The summed E-state index contributed by atoms with van der Waals surface area (Å²) in [5.41, 5.74) is 7.94. The zero-order chi connectivity index (χ0) is 14.3. The Bertz CT molecular complexity index is 618. The minimum absolute atomic E-state index is 0.0388. The average molecular weight is 282 g/mol. The number of hydrogen-bond donors (Lipinski definition) is 2. The first-order valence-corrected chi connectivity index (χ1v) is 8.07. The molecule has 0 bridgehead atoms. The lowest BCUT2D eigenvalue weighted by Crippen LogP contribution is -2.11. The first kappa shape index (κ1) is 12.9. The van der Waals surface area contributed by atoms with Gasteiger partial charge in [0.05, 0.1) is 5.41 Å². The third-order valence-corrected chi connectivity index (χ3v) is 5.14. The molecule has 4 heteroatoms. The highest BCUT2D eigenvalue weighted by atomic mass is 15.2. The molecule has 1 heterocycles. The first-order valence-electron chi connectivity index (χ1n) is 8.07. The van der Waals surface area contributed by atoms with Crippen molar-refractivity contribution in [3.63, 3.8) is 0 Å². The molecule has 110 valence electrons. The molecule has 1 aromatic heterocycles. The van der Waals surface area contributed by atoms with Gasteiger partial charge in [0.15, 0.2) is 5.82 Å². The number of aromatic nitrogens is 3. The highest BCUT2D eigenvalue weighted by Crippen LogP contribution is 2.52. The molecular weight excluding hydrogens is 260 g/mol. The van der Waals surface area contributed by atoms with E-state index >= 15 is 0 Å². The van der Waals surface area contributed by atoms with E-state index in [0.29, 0.717) is 5.92 Å². The van der Waals surface area contributed by atoms with Crippen LogP contribution in [-0.2, 0) is 5.41 Å². The molecule has 0 unspecified atom stereocenters. The van der Waals surface area contributed by atoms with Crippen molar-refractivity contribution in [2.24, 2.45) is 0 Å². The van der Waals surface area contributed by atoms with E-state index in [4.69, 9.17) is 10.7 Å². The van der Waals surface area contributed by atoms with Crippen molar-refractivity contribution in [3.05, 3.63) is 41.5 Å². The molecule has 21 heavy (non-hydrogen) atoms. The lowest BCUT2D eigenvalue weighted by Gasteiger charge is -2.18. The van der Waals surface area contributed by atoms with Crippen molar-refractivity contribution in [2.75, 3.05) is 5.73 Å². The lowest BCUT2D eigenvalue weighted by molar-refractivity contribution is 0.429. The molecule has 1 aromatic carbocycles. The van der Waals surface area contributed by atoms with Gasteiger partial charge in [0.1, 0.15) is 5.82 Å². The quantitative estimate of drug-likeness (QED) is 0.846. The van der Waals surface area contributed by atoms with Crippen LogP contribution < -0.4 is 5.73 Å². The SMILES string of the molecule is Nc1ccc(C2(c3n[nH]c(C4CCCCC4)n3)CC2)cc1. The van der Waals surface area contributed by atoms with Crippen molar-refractivity contribution >= 4 is 5.69 Å². The van der Waals surface area contributed by atoms with Crippen LogP contribution in [0.15, 0.2) is 24.3 Å². The molecule has 2 fully saturated rings. The zero-order valence-electron chi connectivity index (χ0n) is 12.3. The van der Waals surface area contributed by atoms with Crippen LogP contribution in [-0.4, -0.2) is 15.2 Å². The Labute approximate surface area is 125 Å². The molecule has 0 atom stereocenters. The molecule has 0 saturated heterocycles. The first-order chi connectivity index (χ1) is 10.3. The highest BCUT2D eigenvalue weighted by Gasteiger charge is 2.49. The summed E-state index contributed by atoms with van der Waals surface area (Å²) in [6, 6.07) is 8.20. The Morgan fingerprint density at radius 1 is 1.05 bits per heavy atom. The van der Waals surface area contributed by atoms with Crippen LogP contribution in [0.1, 0.15) is 68.1 Å². The molecule has 0 radical (unpaired) electrons. The fourth-order valence-electron chi connectivity index (χ4n) is 3.62. The van der Waals surface area contributed by atoms with Gasteiger partial charge in [0.25, 0.3) is 0 Å². The van der Waals surface area contributed by atoms with Crippen molar-refractivity contribution in [2.45, 2.75) is 56.3 Å². The molecule has 4 rings (SSSR count). The predicted molar refractivity (Wildman–Crippen MR) is 83.1 cm³/mol. The maximum absolute atomic E-state index is 5.79. The molecular formula is C17H22N4. The van der Waals surface area contributed by atoms with E-state index in [9.17, 15) is 0 Å². The summed E-state index contributed by atoms with van der Waals surface area (Å²) in [6.45, 7) is 0. The minimum atomic E-state index is 0.0388. The van der Waals surface area contributed by atoms with Gasteiger partial charge >= 0.3 is 0 Å². The number of nitrogens with one attached hydrogen (secondary N) is 1. The number of nitrogen functional groups attached to an aromatic ring is 1. The van der Waals surface area contributed by atoms with Crippen molar-refractivity contribution in [1.29, 1.82) is 0 Å². The molecule has 2 aromatic rings. The Balaban J connectivity index is 1.61. The van der Waals surface area contributed by atoms with Crippen molar-refractivity contribution in [3.8, 4) is 0 Å². The highest BCUT2D eigenvalue weighted by molar-refractivity contribution is 5.46.